The van der Waals surface area contributed by atoms with Crippen LogP contribution in [0.3, 0.4) is 0 Å². The fraction of sp³-hybridized carbons (Fsp3) is 0.188. The van der Waals surface area contributed by atoms with Crippen LogP contribution in [0.4, 0.5) is 5.69 Å². The Morgan fingerprint density at radius 1 is 1.09 bits per heavy atom. The minimum absolute atomic E-state index is 0.337. The fourth-order valence-corrected chi connectivity index (χ4v) is 4.28. The van der Waals surface area contributed by atoms with E-state index in [2.05, 4.69) is 9.71 Å². The molecule has 114 valence electrons. The van der Waals surface area contributed by atoms with Crippen molar-refractivity contribution < 1.29 is 8.42 Å². The number of rotatable bonds is 3. The average Bonchev–Trinajstić information content (AvgIpc) is 2.83. The van der Waals surface area contributed by atoms with Crippen LogP contribution < -0.4 is 4.72 Å². The maximum atomic E-state index is 12.7. The molecule has 0 aliphatic carbocycles. The van der Waals surface area contributed by atoms with Gasteiger partial charge in [-0.2, -0.15) is 0 Å². The van der Waals surface area contributed by atoms with Crippen molar-refractivity contribution in [3.05, 3.63) is 59.5 Å². The predicted molar refractivity (Wildman–Crippen MR) is 86.7 cm³/mol. The van der Waals surface area contributed by atoms with Gasteiger partial charge in [0.2, 0.25) is 0 Å². The number of aryl methyl sites for hydroxylation is 3. The second kappa shape index (κ2) is 5.14. The molecule has 0 aliphatic heterocycles. The van der Waals surface area contributed by atoms with E-state index < -0.39 is 10.0 Å². The van der Waals surface area contributed by atoms with Crippen LogP contribution in [0.25, 0.3) is 5.65 Å². The Balaban J connectivity index is 2.03. The van der Waals surface area contributed by atoms with Crippen molar-refractivity contribution in [1.82, 2.24) is 9.38 Å². The lowest BCUT2D eigenvalue weighted by Crippen LogP contribution is -2.16. The molecule has 3 rings (SSSR count). The van der Waals surface area contributed by atoms with Crippen molar-refractivity contribution in [2.75, 3.05) is 4.72 Å². The third-order valence-electron chi connectivity index (χ3n) is 3.51. The van der Waals surface area contributed by atoms with Gasteiger partial charge in [0.1, 0.15) is 5.65 Å². The topological polar surface area (TPSA) is 63.5 Å². The first-order valence-electron chi connectivity index (χ1n) is 6.90. The molecule has 0 unspecified atom stereocenters. The maximum absolute atomic E-state index is 12.7. The summed E-state index contributed by atoms with van der Waals surface area (Å²) in [5.74, 6) is 0. The number of aromatic nitrogens is 2. The van der Waals surface area contributed by atoms with E-state index >= 15 is 0 Å². The molecule has 0 bridgehead atoms. The van der Waals surface area contributed by atoms with Gasteiger partial charge in [-0.1, -0.05) is 17.7 Å². The van der Waals surface area contributed by atoms with Gasteiger partial charge in [0.05, 0.1) is 10.6 Å². The van der Waals surface area contributed by atoms with Crippen molar-refractivity contribution in [2.45, 2.75) is 25.7 Å². The lowest BCUT2D eigenvalue weighted by molar-refractivity contribution is 0.600. The van der Waals surface area contributed by atoms with Crippen LogP contribution in [0, 0.1) is 20.8 Å². The summed E-state index contributed by atoms with van der Waals surface area (Å²) in [4.78, 5) is 4.48. The van der Waals surface area contributed by atoms with Crippen molar-refractivity contribution in [2.24, 2.45) is 0 Å². The number of imidazole rings is 1. The number of pyridine rings is 1. The molecule has 0 aliphatic rings. The Kier molecular flexibility index (Phi) is 3.41. The van der Waals surface area contributed by atoms with Gasteiger partial charge in [0.25, 0.3) is 10.0 Å². The molecular formula is C16H17N3O2S. The van der Waals surface area contributed by atoms with Gasteiger partial charge in [0.15, 0.2) is 0 Å². The summed E-state index contributed by atoms with van der Waals surface area (Å²) in [5.41, 5.74) is 3.81. The molecule has 0 amide bonds. The van der Waals surface area contributed by atoms with Gasteiger partial charge in [-0.05, 0) is 44.0 Å². The molecule has 0 atom stereocenters. The predicted octanol–water partition coefficient (Wildman–Crippen LogP) is 3.06. The second-order valence-electron chi connectivity index (χ2n) is 5.44. The largest absolute Gasteiger partial charge is 0.305 e. The van der Waals surface area contributed by atoms with Crippen molar-refractivity contribution in [3.8, 4) is 0 Å². The zero-order valence-corrected chi connectivity index (χ0v) is 13.5. The molecule has 0 saturated heterocycles. The highest BCUT2D eigenvalue weighted by Crippen LogP contribution is 2.24. The number of nitrogens with zero attached hydrogens (tertiary/aromatic N) is 2. The van der Waals surface area contributed by atoms with E-state index in [1.807, 2.05) is 32.9 Å². The molecule has 2 heterocycles. The first-order valence-corrected chi connectivity index (χ1v) is 8.38. The highest BCUT2D eigenvalue weighted by Gasteiger charge is 2.20. The smallest absolute Gasteiger partial charge is 0.262 e. The van der Waals surface area contributed by atoms with Gasteiger partial charge in [-0.3, -0.25) is 4.72 Å². The summed E-state index contributed by atoms with van der Waals surface area (Å²) >= 11 is 0. The van der Waals surface area contributed by atoms with E-state index in [1.54, 1.807) is 35.1 Å². The number of hydrogen-bond donors (Lipinski definition) is 1. The van der Waals surface area contributed by atoms with Crippen molar-refractivity contribution in [1.29, 1.82) is 0 Å². The average molecular weight is 315 g/mol. The molecule has 6 heteroatoms. The zero-order valence-electron chi connectivity index (χ0n) is 12.7. The summed E-state index contributed by atoms with van der Waals surface area (Å²) < 4.78 is 29.8. The molecule has 0 saturated carbocycles. The monoisotopic (exact) mass is 315 g/mol. The number of benzene rings is 1. The first kappa shape index (κ1) is 14.6. The first-order chi connectivity index (χ1) is 10.4. The van der Waals surface area contributed by atoms with Crippen LogP contribution in [0.15, 0.2) is 47.8 Å². The van der Waals surface area contributed by atoms with Gasteiger partial charge >= 0.3 is 0 Å². The molecular weight excluding hydrogens is 298 g/mol. The third kappa shape index (κ3) is 2.57. The minimum Gasteiger partial charge on any atom is -0.305 e. The molecule has 0 spiro atoms. The zero-order chi connectivity index (χ0) is 15.9. The van der Waals surface area contributed by atoms with Gasteiger partial charge in [-0.25, -0.2) is 13.4 Å². The van der Waals surface area contributed by atoms with Crippen molar-refractivity contribution in [3.63, 3.8) is 0 Å². The lowest BCUT2D eigenvalue weighted by atomic mass is 10.1. The Morgan fingerprint density at radius 3 is 2.45 bits per heavy atom. The molecule has 2 aromatic heterocycles. The van der Waals surface area contributed by atoms with E-state index in [9.17, 15) is 8.42 Å². The van der Waals surface area contributed by atoms with Crippen LogP contribution in [0.5, 0.6) is 0 Å². The van der Waals surface area contributed by atoms with Crippen LogP contribution in [-0.2, 0) is 10.0 Å². The van der Waals surface area contributed by atoms with Gasteiger partial charge in [0, 0.05) is 18.6 Å². The molecule has 1 aromatic carbocycles. The summed E-state index contributed by atoms with van der Waals surface area (Å²) in [6.45, 7) is 5.58. The van der Waals surface area contributed by atoms with Crippen LogP contribution in [0.1, 0.15) is 16.7 Å². The second-order valence-corrected chi connectivity index (χ2v) is 7.06. The number of hydrogen-bond acceptors (Lipinski definition) is 3. The van der Waals surface area contributed by atoms with Gasteiger partial charge < -0.3 is 4.40 Å². The summed E-state index contributed by atoms with van der Waals surface area (Å²) in [6.07, 6.45) is 5.15. The maximum Gasteiger partial charge on any atom is 0.262 e. The summed E-state index contributed by atoms with van der Waals surface area (Å²) in [6, 6.07) is 7.23. The van der Waals surface area contributed by atoms with Crippen LogP contribution in [0.2, 0.25) is 0 Å². The molecule has 22 heavy (non-hydrogen) atoms. The molecule has 3 aromatic rings. The Bertz CT molecular complexity index is 935. The lowest BCUT2D eigenvalue weighted by Gasteiger charge is -2.14. The fourth-order valence-electron chi connectivity index (χ4n) is 2.78. The molecule has 5 nitrogen and oxygen atoms in total. The highest BCUT2D eigenvalue weighted by molar-refractivity contribution is 7.92. The molecule has 1 N–H and O–H groups in total. The Labute approximate surface area is 129 Å². The van der Waals surface area contributed by atoms with E-state index in [1.165, 1.54) is 0 Å². The minimum atomic E-state index is -3.63. The summed E-state index contributed by atoms with van der Waals surface area (Å²) in [7, 11) is -3.63. The quantitative estimate of drug-likeness (QED) is 0.808. The molecule has 0 fully saturated rings. The summed E-state index contributed by atoms with van der Waals surface area (Å²) in [5, 5.41) is 0. The SMILES string of the molecule is Cc1cc(C)c(S(=O)(=O)Nc2ccc3nccn3c2)c(C)c1. The number of anilines is 1. The van der Waals surface area contributed by atoms with E-state index in [-0.39, 0.29) is 0 Å². The Hall–Kier alpha value is -2.34. The van der Waals surface area contributed by atoms with E-state index in [4.69, 9.17) is 0 Å². The molecule has 0 radical (unpaired) electrons. The van der Waals surface area contributed by atoms with Crippen molar-refractivity contribution >= 4 is 21.4 Å². The van der Waals surface area contributed by atoms with Crippen LogP contribution >= 0.6 is 0 Å². The number of sulfonamides is 1. The highest BCUT2D eigenvalue weighted by atomic mass is 32.2. The van der Waals surface area contributed by atoms with E-state index in [0.717, 1.165) is 22.3 Å². The number of nitrogens with one attached hydrogen (secondary N) is 1. The van der Waals surface area contributed by atoms with Gasteiger partial charge in [-0.15, -0.1) is 0 Å². The normalized spacial score (nSPS) is 11.8. The van der Waals surface area contributed by atoms with E-state index in [0.29, 0.717) is 10.6 Å². The Morgan fingerprint density at radius 2 is 1.77 bits per heavy atom. The third-order valence-corrected chi connectivity index (χ3v) is 5.20. The standard InChI is InChI=1S/C16H17N3O2S/c1-11-8-12(2)16(13(3)9-11)22(20,21)18-14-4-5-15-17-6-7-19(15)10-14/h4-10,18H,1-3H3. The number of fused-ring (bicyclic) bond motifs is 1. The van der Waals surface area contributed by atoms with Crippen LogP contribution in [-0.4, -0.2) is 17.8 Å².